The summed E-state index contributed by atoms with van der Waals surface area (Å²) in [6.45, 7) is 12.4. The molecule has 0 aliphatic rings. The Bertz CT molecular complexity index is 780. The highest BCUT2D eigenvalue weighted by atomic mass is 16.6. The third-order valence-electron chi connectivity index (χ3n) is 4.09. The number of phenols is 1. The van der Waals surface area contributed by atoms with Gasteiger partial charge in [-0.2, -0.15) is 0 Å². The lowest BCUT2D eigenvalue weighted by Gasteiger charge is -2.31. The second-order valence-corrected chi connectivity index (χ2v) is 8.19. The summed E-state index contributed by atoms with van der Waals surface area (Å²) in [7, 11) is 0. The molecule has 0 aromatic heterocycles. The maximum absolute atomic E-state index is 11.2. The van der Waals surface area contributed by atoms with Gasteiger partial charge in [-0.05, 0) is 33.6 Å². The number of hydrogen-bond donors (Lipinski definition) is 1. The highest BCUT2D eigenvalue weighted by Crippen LogP contribution is 2.45. The molecule has 0 unspecified atom stereocenters. The van der Waals surface area contributed by atoms with Crippen LogP contribution in [0, 0.1) is 10.1 Å². The number of nitro groups is 1. The normalized spacial score (nSPS) is 12.2. The lowest BCUT2D eigenvalue weighted by molar-refractivity contribution is -0.384. The van der Waals surface area contributed by atoms with Crippen molar-refractivity contribution in [2.45, 2.75) is 52.4 Å². The highest BCUT2D eigenvalue weighted by molar-refractivity contribution is 5.77. The van der Waals surface area contributed by atoms with E-state index in [1.807, 2.05) is 32.9 Å². The monoisotopic (exact) mass is 327 g/mol. The van der Waals surface area contributed by atoms with E-state index in [-0.39, 0.29) is 27.2 Å². The van der Waals surface area contributed by atoms with Gasteiger partial charge < -0.3 is 5.11 Å². The van der Waals surface area contributed by atoms with E-state index in [2.05, 4.69) is 20.8 Å². The summed E-state index contributed by atoms with van der Waals surface area (Å²) in [6.07, 6.45) is 0. The molecular weight excluding hydrogens is 302 g/mol. The number of hydrogen-bond acceptors (Lipinski definition) is 3. The van der Waals surface area contributed by atoms with Gasteiger partial charge in [0.05, 0.1) is 4.92 Å². The van der Waals surface area contributed by atoms with Crippen LogP contribution < -0.4 is 0 Å². The standard InChI is InChI=1S/C20H25NO3/c1-19(2,3)15-10-11-16(22)18(20(4,5)6)17(15)13-8-7-9-14(12-13)21(23)24/h7-12,22H,1-6H3. The zero-order valence-corrected chi connectivity index (χ0v) is 15.2. The van der Waals surface area contributed by atoms with E-state index in [1.165, 1.54) is 6.07 Å². The summed E-state index contributed by atoms with van der Waals surface area (Å²) in [5.41, 5.74) is 3.12. The summed E-state index contributed by atoms with van der Waals surface area (Å²) >= 11 is 0. The van der Waals surface area contributed by atoms with Gasteiger partial charge in [-0.1, -0.05) is 59.7 Å². The van der Waals surface area contributed by atoms with Crippen LogP contribution in [-0.4, -0.2) is 10.0 Å². The first kappa shape index (κ1) is 18.0. The van der Waals surface area contributed by atoms with E-state index in [0.29, 0.717) is 0 Å². The fourth-order valence-corrected chi connectivity index (χ4v) is 3.05. The molecule has 4 heteroatoms. The Kier molecular flexibility index (Phi) is 4.44. The van der Waals surface area contributed by atoms with Crippen molar-refractivity contribution in [3.63, 3.8) is 0 Å². The summed E-state index contributed by atoms with van der Waals surface area (Å²) < 4.78 is 0. The number of nitrogens with zero attached hydrogens (tertiary/aromatic N) is 1. The van der Waals surface area contributed by atoms with Gasteiger partial charge in [0.2, 0.25) is 0 Å². The second kappa shape index (κ2) is 5.93. The molecule has 2 aromatic rings. The zero-order valence-electron chi connectivity index (χ0n) is 15.2. The van der Waals surface area contributed by atoms with Crippen molar-refractivity contribution in [3.8, 4) is 16.9 Å². The zero-order chi connectivity index (χ0) is 18.3. The Morgan fingerprint density at radius 1 is 0.958 bits per heavy atom. The van der Waals surface area contributed by atoms with Crippen molar-refractivity contribution in [2.24, 2.45) is 0 Å². The van der Waals surface area contributed by atoms with Crippen molar-refractivity contribution < 1.29 is 10.0 Å². The van der Waals surface area contributed by atoms with Crippen molar-refractivity contribution in [1.29, 1.82) is 0 Å². The molecular formula is C20H25NO3. The second-order valence-electron chi connectivity index (χ2n) is 8.19. The van der Waals surface area contributed by atoms with Crippen LogP contribution in [0.1, 0.15) is 52.7 Å². The van der Waals surface area contributed by atoms with E-state index in [9.17, 15) is 15.2 Å². The van der Waals surface area contributed by atoms with Crippen LogP contribution in [-0.2, 0) is 10.8 Å². The number of benzene rings is 2. The van der Waals surface area contributed by atoms with Gasteiger partial charge in [0.1, 0.15) is 5.75 Å². The van der Waals surface area contributed by atoms with E-state index in [0.717, 1.165) is 22.3 Å². The Balaban J connectivity index is 2.91. The minimum absolute atomic E-state index is 0.0514. The van der Waals surface area contributed by atoms with Crippen LogP contribution in [0.5, 0.6) is 5.75 Å². The van der Waals surface area contributed by atoms with Gasteiger partial charge in [-0.25, -0.2) is 0 Å². The van der Waals surface area contributed by atoms with Gasteiger partial charge in [0.15, 0.2) is 0 Å². The van der Waals surface area contributed by atoms with Gasteiger partial charge in [-0.3, -0.25) is 10.1 Å². The Morgan fingerprint density at radius 3 is 2.08 bits per heavy atom. The maximum atomic E-state index is 11.2. The van der Waals surface area contributed by atoms with Gasteiger partial charge >= 0.3 is 0 Å². The molecule has 0 heterocycles. The molecule has 128 valence electrons. The fourth-order valence-electron chi connectivity index (χ4n) is 3.05. The van der Waals surface area contributed by atoms with Crippen LogP contribution in [0.4, 0.5) is 5.69 Å². The molecule has 0 bridgehead atoms. The minimum Gasteiger partial charge on any atom is -0.508 e. The van der Waals surface area contributed by atoms with Crippen molar-refractivity contribution in [1.82, 2.24) is 0 Å². The number of phenolic OH excluding ortho intramolecular Hbond substituents is 1. The SMILES string of the molecule is CC(C)(C)c1ccc(O)c(C(C)(C)C)c1-c1cccc([N+](=O)[O-])c1. The van der Waals surface area contributed by atoms with E-state index < -0.39 is 0 Å². The van der Waals surface area contributed by atoms with E-state index >= 15 is 0 Å². The summed E-state index contributed by atoms with van der Waals surface area (Å²) in [5.74, 6) is 0.219. The summed E-state index contributed by atoms with van der Waals surface area (Å²) in [6, 6.07) is 10.3. The Labute approximate surface area is 143 Å². The molecule has 1 N–H and O–H groups in total. The van der Waals surface area contributed by atoms with Crippen molar-refractivity contribution >= 4 is 5.69 Å². The number of nitro benzene ring substituents is 1. The van der Waals surface area contributed by atoms with Gasteiger partial charge in [0.25, 0.3) is 5.69 Å². The molecule has 0 saturated carbocycles. The third-order valence-corrected chi connectivity index (χ3v) is 4.09. The molecule has 0 aliphatic carbocycles. The van der Waals surface area contributed by atoms with Crippen LogP contribution >= 0.6 is 0 Å². The van der Waals surface area contributed by atoms with Crippen molar-refractivity contribution in [3.05, 3.63) is 57.6 Å². The highest BCUT2D eigenvalue weighted by Gasteiger charge is 2.29. The summed E-state index contributed by atoms with van der Waals surface area (Å²) in [4.78, 5) is 10.8. The number of aromatic hydroxyl groups is 1. The molecule has 24 heavy (non-hydrogen) atoms. The molecule has 0 atom stereocenters. The Morgan fingerprint density at radius 2 is 1.58 bits per heavy atom. The average molecular weight is 327 g/mol. The molecule has 0 amide bonds. The number of rotatable bonds is 2. The first-order valence-electron chi connectivity index (χ1n) is 8.04. The lowest BCUT2D eigenvalue weighted by Crippen LogP contribution is -2.19. The molecule has 2 aromatic carbocycles. The minimum atomic E-state index is -0.389. The maximum Gasteiger partial charge on any atom is 0.270 e. The molecule has 0 spiro atoms. The predicted molar refractivity (Wildman–Crippen MR) is 97.6 cm³/mol. The number of non-ortho nitro benzene ring substituents is 1. The average Bonchev–Trinajstić information content (AvgIpc) is 2.44. The third kappa shape index (κ3) is 3.42. The van der Waals surface area contributed by atoms with E-state index in [1.54, 1.807) is 18.2 Å². The first-order valence-corrected chi connectivity index (χ1v) is 8.04. The topological polar surface area (TPSA) is 63.4 Å². The molecule has 2 rings (SSSR count). The van der Waals surface area contributed by atoms with Crippen LogP contribution in [0.25, 0.3) is 11.1 Å². The van der Waals surface area contributed by atoms with Crippen molar-refractivity contribution in [2.75, 3.05) is 0 Å². The predicted octanol–water partition coefficient (Wildman–Crippen LogP) is 5.56. The quantitative estimate of drug-likeness (QED) is 0.580. The van der Waals surface area contributed by atoms with E-state index in [4.69, 9.17) is 0 Å². The molecule has 0 saturated heterocycles. The smallest absolute Gasteiger partial charge is 0.270 e. The van der Waals surface area contributed by atoms with Gasteiger partial charge in [-0.15, -0.1) is 0 Å². The lowest BCUT2D eigenvalue weighted by atomic mass is 9.74. The van der Waals surface area contributed by atoms with Crippen LogP contribution in [0.3, 0.4) is 0 Å². The molecule has 0 fully saturated rings. The molecule has 0 aliphatic heterocycles. The largest absolute Gasteiger partial charge is 0.508 e. The molecule has 0 radical (unpaired) electrons. The molecule has 4 nitrogen and oxygen atoms in total. The Hall–Kier alpha value is -2.36. The summed E-state index contributed by atoms with van der Waals surface area (Å²) in [5, 5.41) is 21.7. The first-order chi connectivity index (χ1) is 10.9. The van der Waals surface area contributed by atoms with Crippen LogP contribution in [0.15, 0.2) is 36.4 Å². The van der Waals surface area contributed by atoms with Gasteiger partial charge in [0, 0.05) is 17.7 Å². The van der Waals surface area contributed by atoms with Crippen LogP contribution in [0.2, 0.25) is 0 Å². The fraction of sp³-hybridized carbons (Fsp3) is 0.400.